The lowest BCUT2D eigenvalue weighted by atomic mass is 10.2. The highest BCUT2D eigenvalue weighted by molar-refractivity contribution is 14.0. The topological polar surface area (TPSA) is 52.6 Å². The Morgan fingerprint density at radius 1 is 1.35 bits per heavy atom. The highest BCUT2D eigenvalue weighted by atomic mass is 127. The van der Waals surface area contributed by atoms with E-state index in [1.54, 1.807) is 11.3 Å². The molecule has 1 saturated heterocycles. The number of benzene rings is 1. The lowest BCUT2D eigenvalue weighted by Crippen LogP contribution is -2.44. The summed E-state index contributed by atoms with van der Waals surface area (Å²) in [5, 5.41) is 8.03. The maximum atomic E-state index is 4.39. The minimum atomic E-state index is 0. The highest BCUT2D eigenvalue weighted by Crippen LogP contribution is 2.20. The Morgan fingerprint density at radius 2 is 2.12 bits per heavy atom. The first-order valence-corrected chi connectivity index (χ1v) is 9.62. The summed E-state index contributed by atoms with van der Waals surface area (Å²) >= 11 is 1.72. The molecule has 2 unspecified atom stereocenters. The monoisotopic (exact) mass is 485 g/mol. The number of hydrogen-bond donors (Lipinski definition) is 2. The van der Waals surface area contributed by atoms with Gasteiger partial charge in [0.1, 0.15) is 5.01 Å². The van der Waals surface area contributed by atoms with Gasteiger partial charge in [-0.3, -0.25) is 9.89 Å². The van der Waals surface area contributed by atoms with Crippen molar-refractivity contribution in [3.8, 4) is 0 Å². The van der Waals surface area contributed by atoms with Crippen LogP contribution in [0.2, 0.25) is 0 Å². The van der Waals surface area contributed by atoms with E-state index >= 15 is 0 Å². The van der Waals surface area contributed by atoms with E-state index in [1.165, 1.54) is 10.4 Å². The summed E-state index contributed by atoms with van der Waals surface area (Å²) in [6.07, 6.45) is 3.04. The summed E-state index contributed by atoms with van der Waals surface area (Å²) in [5.74, 6) is 0.853. The Balaban J connectivity index is 0.00000243. The number of rotatable bonds is 5. The summed E-state index contributed by atoms with van der Waals surface area (Å²) in [6.45, 7) is 7.14. The van der Waals surface area contributed by atoms with E-state index in [-0.39, 0.29) is 24.0 Å². The summed E-state index contributed by atoms with van der Waals surface area (Å²) < 4.78 is 0. The van der Waals surface area contributed by atoms with Crippen LogP contribution in [0.1, 0.15) is 28.8 Å². The number of aryl methyl sites for hydroxylation is 1. The van der Waals surface area contributed by atoms with Crippen molar-refractivity contribution >= 4 is 41.3 Å². The molecule has 0 amide bonds. The maximum absolute atomic E-state index is 4.39. The number of halogens is 1. The number of hydrogen-bond acceptors (Lipinski definition) is 4. The molecule has 0 saturated carbocycles. The first-order valence-electron chi connectivity index (χ1n) is 8.80. The molecule has 2 aromatic rings. The van der Waals surface area contributed by atoms with Crippen LogP contribution in [0, 0.1) is 6.92 Å². The van der Waals surface area contributed by atoms with Gasteiger partial charge >= 0.3 is 0 Å². The number of nitrogens with one attached hydrogen (secondary N) is 2. The largest absolute Gasteiger partial charge is 0.352 e. The smallest absolute Gasteiger partial charge is 0.191 e. The van der Waals surface area contributed by atoms with Crippen molar-refractivity contribution in [1.82, 2.24) is 20.5 Å². The molecule has 0 radical (unpaired) electrons. The van der Waals surface area contributed by atoms with E-state index in [9.17, 15) is 0 Å². The number of aliphatic imine (C=N–C) groups is 1. The molecule has 26 heavy (non-hydrogen) atoms. The van der Waals surface area contributed by atoms with Gasteiger partial charge in [-0.15, -0.1) is 35.3 Å². The lowest BCUT2D eigenvalue weighted by Gasteiger charge is -2.21. The number of likely N-dealkylation sites (tertiary alicyclic amines) is 1. The SMILES string of the molecule is CN=C(NCc1ncc(C)s1)NC1CC(C)N(Cc2ccccc2)C1.I. The molecule has 1 aromatic heterocycles. The zero-order chi connectivity index (χ0) is 17.6. The molecule has 1 aromatic carbocycles. The number of thiazole rings is 1. The zero-order valence-corrected chi connectivity index (χ0v) is 18.8. The average Bonchev–Trinajstić information content (AvgIpc) is 3.18. The molecule has 2 heterocycles. The van der Waals surface area contributed by atoms with E-state index in [0.717, 1.165) is 30.5 Å². The van der Waals surface area contributed by atoms with Crippen LogP contribution >= 0.6 is 35.3 Å². The molecule has 7 heteroatoms. The molecule has 142 valence electrons. The van der Waals surface area contributed by atoms with Gasteiger partial charge in [-0.05, 0) is 25.8 Å². The van der Waals surface area contributed by atoms with E-state index in [2.05, 4.69) is 69.7 Å². The zero-order valence-electron chi connectivity index (χ0n) is 15.6. The Labute approximate surface area is 177 Å². The van der Waals surface area contributed by atoms with E-state index in [4.69, 9.17) is 0 Å². The van der Waals surface area contributed by atoms with Crippen LogP contribution in [0.15, 0.2) is 41.5 Å². The fourth-order valence-corrected chi connectivity index (χ4v) is 4.00. The number of nitrogens with zero attached hydrogens (tertiary/aromatic N) is 3. The van der Waals surface area contributed by atoms with Gasteiger partial charge in [0.25, 0.3) is 0 Å². The Kier molecular flexibility index (Phi) is 8.30. The minimum absolute atomic E-state index is 0. The van der Waals surface area contributed by atoms with Crippen molar-refractivity contribution in [3.63, 3.8) is 0 Å². The standard InChI is InChI=1S/C19H27N5S.HI/c1-14-9-17(13-24(14)12-16-7-5-4-6-8-16)23-19(20-3)22-11-18-21-10-15(2)25-18;/h4-8,10,14,17H,9,11-13H2,1-3H3,(H2,20,22,23);1H. The van der Waals surface area contributed by atoms with Gasteiger partial charge in [-0.1, -0.05) is 30.3 Å². The molecule has 2 atom stereocenters. The fraction of sp³-hybridized carbons (Fsp3) is 0.474. The first kappa shape index (κ1) is 21.1. The van der Waals surface area contributed by atoms with Crippen LogP contribution in [0.5, 0.6) is 0 Å². The molecule has 3 rings (SSSR count). The molecule has 0 bridgehead atoms. The van der Waals surface area contributed by atoms with E-state index < -0.39 is 0 Å². The molecule has 1 aliphatic rings. The quantitative estimate of drug-likeness (QED) is 0.388. The molecule has 0 spiro atoms. The molecule has 2 N–H and O–H groups in total. The number of aromatic nitrogens is 1. The Morgan fingerprint density at radius 3 is 2.77 bits per heavy atom. The van der Waals surface area contributed by atoms with Crippen LogP contribution in [0.3, 0.4) is 0 Å². The summed E-state index contributed by atoms with van der Waals surface area (Å²) in [5.41, 5.74) is 1.37. The normalized spacial score (nSPS) is 20.7. The van der Waals surface area contributed by atoms with Gasteiger partial charge in [0.15, 0.2) is 5.96 Å². The number of guanidine groups is 1. The van der Waals surface area contributed by atoms with Crippen molar-refractivity contribution in [3.05, 3.63) is 52.0 Å². The van der Waals surface area contributed by atoms with Crippen molar-refractivity contribution in [2.75, 3.05) is 13.6 Å². The van der Waals surface area contributed by atoms with Gasteiger partial charge in [0.2, 0.25) is 0 Å². The van der Waals surface area contributed by atoms with Crippen molar-refractivity contribution in [1.29, 1.82) is 0 Å². The molecule has 0 aliphatic carbocycles. The predicted molar refractivity (Wildman–Crippen MR) is 120 cm³/mol. The third-order valence-corrected chi connectivity index (χ3v) is 5.49. The summed E-state index contributed by atoms with van der Waals surface area (Å²) in [4.78, 5) is 12.5. The summed E-state index contributed by atoms with van der Waals surface area (Å²) in [7, 11) is 1.82. The molecule has 1 aliphatic heterocycles. The van der Waals surface area contributed by atoms with Crippen LogP contribution < -0.4 is 10.6 Å². The van der Waals surface area contributed by atoms with Crippen molar-refractivity contribution in [2.24, 2.45) is 4.99 Å². The van der Waals surface area contributed by atoms with E-state index in [0.29, 0.717) is 18.6 Å². The van der Waals surface area contributed by atoms with Gasteiger partial charge in [-0.2, -0.15) is 0 Å². The minimum Gasteiger partial charge on any atom is -0.352 e. The predicted octanol–water partition coefficient (Wildman–Crippen LogP) is 3.40. The van der Waals surface area contributed by atoms with Gasteiger partial charge in [-0.25, -0.2) is 4.98 Å². The molecule has 1 fully saturated rings. The molecule has 5 nitrogen and oxygen atoms in total. The van der Waals surface area contributed by atoms with Crippen LogP contribution in [-0.4, -0.2) is 41.5 Å². The third-order valence-electron chi connectivity index (χ3n) is 4.57. The van der Waals surface area contributed by atoms with Crippen LogP contribution in [0.4, 0.5) is 0 Å². The second-order valence-electron chi connectivity index (χ2n) is 6.63. The fourth-order valence-electron chi connectivity index (χ4n) is 3.27. The average molecular weight is 485 g/mol. The van der Waals surface area contributed by atoms with E-state index in [1.807, 2.05) is 13.2 Å². The highest BCUT2D eigenvalue weighted by Gasteiger charge is 2.29. The van der Waals surface area contributed by atoms with Gasteiger partial charge in [0.05, 0.1) is 6.54 Å². The Hall–Kier alpha value is -1.19. The second kappa shape index (κ2) is 10.2. The molecular formula is C19H28IN5S. The lowest BCUT2D eigenvalue weighted by molar-refractivity contribution is 0.258. The summed E-state index contributed by atoms with van der Waals surface area (Å²) in [6, 6.07) is 11.7. The second-order valence-corrected chi connectivity index (χ2v) is 7.95. The van der Waals surface area contributed by atoms with Crippen molar-refractivity contribution < 1.29 is 0 Å². The maximum Gasteiger partial charge on any atom is 0.191 e. The first-order chi connectivity index (χ1) is 12.1. The van der Waals surface area contributed by atoms with Crippen molar-refractivity contribution in [2.45, 2.75) is 45.4 Å². The molecular weight excluding hydrogens is 457 g/mol. The van der Waals surface area contributed by atoms with Crippen LogP contribution in [0.25, 0.3) is 0 Å². The Bertz CT molecular complexity index is 703. The third kappa shape index (κ3) is 5.92. The van der Waals surface area contributed by atoms with Crippen LogP contribution in [-0.2, 0) is 13.1 Å². The van der Waals surface area contributed by atoms with Gasteiger partial charge < -0.3 is 10.6 Å². The van der Waals surface area contributed by atoms with Gasteiger partial charge in [0, 0.05) is 43.3 Å².